The number of rotatable bonds is 4. The molecular formula is C7H16+. The van der Waals surface area contributed by atoms with E-state index < -0.39 is 0 Å². The van der Waals surface area contributed by atoms with Crippen molar-refractivity contribution in [3.8, 4) is 0 Å². The van der Waals surface area contributed by atoms with Gasteiger partial charge in [-0.05, 0) is 0 Å². The average Bonchev–Trinajstić information content (AvgIpc) is 1.69. The third kappa shape index (κ3) is 6.00. The monoisotopic (exact) mass is 100 g/mol. The highest BCUT2D eigenvalue weighted by molar-refractivity contribution is 4.41. The predicted molar refractivity (Wildman–Crippen MR) is 35.2 cm³/mol. The van der Waals surface area contributed by atoms with Gasteiger partial charge in [-0.15, -0.1) is 0 Å². The van der Waals surface area contributed by atoms with Crippen molar-refractivity contribution in [1.29, 1.82) is 0 Å². The lowest BCUT2D eigenvalue weighted by Crippen LogP contribution is -1.71. The SMILES string of the molecule is [CH2]CCCCCC.[H+]. The Morgan fingerprint density at radius 3 is 2.43 bits per heavy atom. The first-order valence-electron chi connectivity index (χ1n) is 3.21. The molecule has 0 N–H and O–H groups in total. The zero-order valence-electron chi connectivity index (χ0n) is 6.24. The van der Waals surface area contributed by atoms with Crippen LogP contribution in [-0.4, -0.2) is 0 Å². The van der Waals surface area contributed by atoms with Crippen molar-refractivity contribution >= 4 is 0 Å². The quantitative estimate of drug-likeness (QED) is 0.476. The molecule has 0 heteroatoms. The van der Waals surface area contributed by atoms with Crippen molar-refractivity contribution in [2.24, 2.45) is 0 Å². The zero-order chi connectivity index (χ0) is 5.54. The first-order valence-corrected chi connectivity index (χ1v) is 3.21. The van der Waals surface area contributed by atoms with E-state index in [1.165, 1.54) is 25.7 Å². The van der Waals surface area contributed by atoms with Gasteiger partial charge in [-0.25, -0.2) is 0 Å². The molecule has 0 bridgehead atoms. The summed E-state index contributed by atoms with van der Waals surface area (Å²) in [5, 5.41) is 0. The fourth-order valence-corrected chi connectivity index (χ4v) is 0.604. The van der Waals surface area contributed by atoms with Gasteiger partial charge in [-0.1, -0.05) is 46.0 Å². The molecule has 0 aromatic rings. The smallest absolute Gasteiger partial charge is 0.0654 e. The second-order valence-corrected chi connectivity index (χ2v) is 1.91. The zero-order valence-corrected chi connectivity index (χ0v) is 5.24. The molecule has 0 heterocycles. The van der Waals surface area contributed by atoms with Crippen LogP contribution in [0.2, 0.25) is 0 Å². The number of hydrogen-bond acceptors (Lipinski definition) is 0. The van der Waals surface area contributed by atoms with Crippen LogP contribution in [0.3, 0.4) is 0 Å². The van der Waals surface area contributed by atoms with E-state index in [9.17, 15) is 0 Å². The summed E-state index contributed by atoms with van der Waals surface area (Å²) in [5.41, 5.74) is 0. The van der Waals surface area contributed by atoms with E-state index in [1.807, 2.05) is 0 Å². The summed E-state index contributed by atoms with van der Waals surface area (Å²) in [6.45, 7) is 5.98. The standard InChI is InChI=1S/C7H15/c1-3-5-7-6-4-2/h1,3-7H2,2H3/p+1. The average molecular weight is 100 g/mol. The van der Waals surface area contributed by atoms with Crippen LogP contribution in [0.4, 0.5) is 0 Å². The molecule has 1 radical (unpaired) electrons. The summed E-state index contributed by atoms with van der Waals surface area (Å²) in [6.07, 6.45) is 6.52. The molecule has 0 aromatic carbocycles. The van der Waals surface area contributed by atoms with Crippen LogP contribution >= 0.6 is 0 Å². The summed E-state index contributed by atoms with van der Waals surface area (Å²) in [7, 11) is 0. The van der Waals surface area contributed by atoms with E-state index in [2.05, 4.69) is 13.8 Å². The van der Waals surface area contributed by atoms with Gasteiger partial charge in [-0.3, -0.25) is 0 Å². The van der Waals surface area contributed by atoms with Gasteiger partial charge in [0, 0.05) is 0 Å². The highest BCUT2D eigenvalue weighted by atomic mass is 13.9. The summed E-state index contributed by atoms with van der Waals surface area (Å²) in [4.78, 5) is 0. The minimum atomic E-state index is 0. The van der Waals surface area contributed by atoms with Crippen LogP contribution in [0, 0.1) is 6.92 Å². The van der Waals surface area contributed by atoms with Gasteiger partial charge >= 0.3 is 1.43 Å². The highest BCUT2D eigenvalue weighted by Crippen LogP contribution is 1.99. The van der Waals surface area contributed by atoms with E-state index in [0.717, 1.165) is 6.42 Å². The Kier molecular flexibility index (Phi) is 6.00. The molecule has 0 spiro atoms. The second-order valence-electron chi connectivity index (χ2n) is 1.91. The van der Waals surface area contributed by atoms with Crippen molar-refractivity contribution in [2.75, 3.05) is 0 Å². The lowest BCUT2D eigenvalue weighted by Gasteiger charge is -1.90. The molecule has 0 saturated heterocycles. The van der Waals surface area contributed by atoms with E-state index in [4.69, 9.17) is 0 Å². The number of hydrogen-bond donors (Lipinski definition) is 0. The Balaban J connectivity index is 0. The summed E-state index contributed by atoms with van der Waals surface area (Å²) < 4.78 is 0. The van der Waals surface area contributed by atoms with Crippen LogP contribution in [-0.2, 0) is 0 Å². The molecule has 0 fully saturated rings. The van der Waals surface area contributed by atoms with Crippen molar-refractivity contribution < 1.29 is 1.43 Å². The molecule has 0 rings (SSSR count). The van der Waals surface area contributed by atoms with Crippen LogP contribution in [0.5, 0.6) is 0 Å². The van der Waals surface area contributed by atoms with Gasteiger partial charge < -0.3 is 0 Å². The van der Waals surface area contributed by atoms with E-state index >= 15 is 0 Å². The Morgan fingerprint density at radius 1 is 1.29 bits per heavy atom. The maximum atomic E-state index is 3.76. The van der Waals surface area contributed by atoms with Crippen molar-refractivity contribution in [3.05, 3.63) is 6.92 Å². The van der Waals surface area contributed by atoms with E-state index in [0.29, 0.717) is 0 Å². The normalized spacial score (nSPS) is 9.43. The lowest BCUT2D eigenvalue weighted by atomic mass is 10.2. The molecule has 0 aliphatic rings. The molecule has 0 aliphatic carbocycles. The van der Waals surface area contributed by atoms with Gasteiger partial charge in [0.1, 0.15) is 0 Å². The van der Waals surface area contributed by atoms with Crippen LogP contribution in [0.1, 0.15) is 40.5 Å². The molecule has 0 nitrogen and oxygen atoms in total. The Labute approximate surface area is 48.4 Å². The minimum Gasteiger partial charge on any atom is -0.0654 e. The lowest BCUT2D eigenvalue weighted by molar-refractivity contribution is 0.673. The van der Waals surface area contributed by atoms with E-state index in [-0.39, 0.29) is 1.43 Å². The molecule has 43 valence electrons. The minimum absolute atomic E-state index is 0. The fraction of sp³-hybridized carbons (Fsp3) is 0.857. The Hall–Kier alpha value is 0. The summed E-state index contributed by atoms with van der Waals surface area (Å²) in [5.74, 6) is 0. The second kappa shape index (κ2) is 6.00. The third-order valence-electron chi connectivity index (χ3n) is 1.10. The Morgan fingerprint density at radius 2 is 2.00 bits per heavy atom. The van der Waals surface area contributed by atoms with E-state index in [1.54, 1.807) is 0 Å². The van der Waals surface area contributed by atoms with Gasteiger partial charge in [0.15, 0.2) is 0 Å². The maximum absolute atomic E-state index is 3.76. The molecule has 0 aromatic heterocycles. The first kappa shape index (κ1) is 7.00. The predicted octanol–water partition coefficient (Wildman–Crippen LogP) is 2.90. The molecule has 0 aliphatic heterocycles. The molecule has 0 unspecified atom stereocenters. The summed E-state index contributed by atoms with van der Waals surface area (Å²) in [6, 6.07) is 0. The topological polar surface area (TPSA) is 0 Å². The van der Waals surface area contributed by atoms with Gasteiger partial charge in [0.05, 0.1) is 0 Å². The molecule has 0 atom stereocenters. The third-order valence-corrected chi connectivity index (χ3v) is 1.10. The first-order chi connectivity index (χ1) is 3.41. The largest absolute Gasteiger partial charge is 1.00 e. The maximum Gasteiger partial charge on any atom is 1.00 e. The van der Waals surface area contributed by atoms with Crippen molar-refractivity contribution in [2.45, 2.75) is 39.0 Å². The fourth-order valence-electron chi connectivity index (χ4n) is 0.604. The molecular weight excluding hydrogens is 84.1 g/mol. The van der Waals surface area contributed by atoms with Gasteiger partial charge in [0.25, 0.3) is 0 Å². The highest BCUT2D eigenvalue weighted by Gasteiger charge is 1.80. The molecule has 7 heavy (non-hydrogen) atoms. The van der Waals surface area contributed by atoms with Crippen molar-refractivity contribution in [1.82, 2.24) is 0 Å². The van der Waals surface area contributed by atoms with Crippen LogP contribution in [0.15, 0.2) is 0 Å². The summed E-state index contributed by atoms with van der Waals surface area (Å²) >= 11 is 0. The Bertz CT molecular complexity index is 23.6. The number of unbranched alkanes of at least 4 members (excludes halogenated alkanes) is 4. The van der Waals surface area contributed by atoms with Crippen LogP contribution in [0.25, 0.3) is 0 Å². The van der Waals surface area contributed by atoms with Gasteiger partial charge in [-0.2, -0.15) is 0 Å². The van der Waals surface area contributed by atoms with Crippen LogP contribution < -0.4 is 0 Å². The molecule has 0 saturated carbocycles. The molecule has 0 amide bonds. The van der Waals surface area contributed by atoms with Gasteiger partial charge in [0.2, 0.25) is 0 Å². The van der Waals surface area contributed by atoms with Crippen molar-refractivity contribution in [3.63, 3.8) is 0 Å².